The van der Waals surface area contributed by atoms with Gasteiger partial charge in [0.25, 0.3) is 0 Å². The van der Waals surface area contributed by atoms with Crippen molar-refractivity contribution in [3.8, 4) is 5.75 Å². The lowest BCUT2D eigenvalue weighted by Gasteiger charge is -2.60. The number of hydrogen-bond donors (Lipinski definition) is 4. The fraction of sp³-hybridized carbons (Fsp3) is 0.533. The third-order valence-corrected chi connectivity index (χ3v) is 9.06. The van der Waals surface area contributed by atoms with Gasteiger partial charge in [-0.3, -0.25) is 10.1 Å². The van der Waals surface area contributed by atoms with Crippen molar-refractivity contribution in [3.63, 3.8) is 0 Å². The minimum Gasteiger partial charge on any atom is -0.497 e. The molecule has 8 nitrogen and oxygen atoms in total. The number of carbonyl (C=O) groups excluding carboxylic acids is 2. The van der Waals surface area contributed by atoms with Crippen molar-refractivity contribution < 1.29 is 38.1 Å². The highest BCUT2D eigenvalue weighted by Gasteiger charge is 2.60. The highest BCUT2D eigenvalue weighted by Crippen LogP contribution is 2.61. The van der Waals surface area contributed by atoms with Crippen LogP contribution in [0.25, 0.3) is 0 Å². The van der Waals surface area contributed by atoms with E-state index in [1.54, 1.807) is 24.3 Å². The van der Waals surface area contributed by atoms with E-state index in [0.717, 1.165) is 18.2 Å². The summed E-state index contributed by atoms with van der Waals surface area (Å²) in [5, 5.41) is 27.0. The molecule has 0 aromatic heterocycles. The second kappa shape index (κ2) is 12.1. The van der Waals surface area contributed by atoms with Crippen molar-refractivity contribution in [1.29, 1.82) is 0 Å². The Morgan fingerprint density at radius 3 is 2.48 bits per heavy atom. The number of carbonyl (C=O) groups is 2. The first kappa shape index (κ1) is 29.7. The Labute approximate surface area is 233 Å². The molecule has 6 atom stereocenters. The molecule has 4 rings (SSSR count). The van der Waals surface area contributed by atoms with E-state index >= 15 is 0 Å². The predicted octanol–water partition coefficient (Wildman–Crippen LogP) is 4.78. The number of nitrogens with one attached hydrogen (secondary N) is 2. The average molecular weight is 561 g/mol. The molecule has 0 radical (unpaired) electrons. The van der Waals surface area contributed by atoms with Crippen LogP contribution in [-0.2, 0) is 16.1 Å². The Hall–Kier alpha value is -3.24. The van der Waals surface area contributed by atoms with Crippen LogP contribution in [0.1, 0.15) is 51.5 Å². The zero-order valence-corrected chi connectivity index (χ0v) is 23.1. The topological polar surface area (TPSA) is 117 Å². The van der Waals surface area contributed by atoms with Gasteiger partial charge in [0.15, 0.2) is 0 Å². The normalized spacial score (nSPS) is 29.7. The quantitative estimate of drug-likeness (QED) is 0.369. The molecule has 2 aliphatic rings. The number of halogens is 2. The second-order valence-electron chi connectivity index (χ2n) is 11.5. The summed E-state index contributed by atoms with van der Waals surface area (Å²) in [6.07, 6.45) is 0.150. The molecule has 0 spiro atoms. The second-order valence-corrected chi connectivity index (χ2v) is 11.5. The van der Waals surface area contributed by atoms with Gasteiger partial charge in [-0.2, -0.15) is 0 Å². The van der Waals surface area contributed by atoms with Gasteiger partial charge in [-0.05, 0) is 72.8 Å². The maximum Gasteiger partial charge on any atom is 0.411 e. The van der Waals surface area contributed by atoms with E-state index in [4.69, 9.17) is 9.47 Å². The van der Waals surface area contributed by atoms with Crippen LogP contribution in [0.4, 0.5) is 19.3 Å². The molecule has 40 heavy (non-hydrogen) atoms. The van der Waals surface area contributed by atoms with Crippen molar-refractivity contribution in [2.24, 2.45) is 22.7 Å². The highest BCUT2D eigenvalue weighted by molar-refractivity contribution is 5.85. The third kappa shape index (κ3) is 6.23. The van der Waals surface area contributed by atoms with E-state index in [1.807, 2.05) is 13.8 Å². The van der Waals surface area contributed by atoms with Crippen LogP contribution in [0.3, 0.4) is 0 Å². The molecule has 2 amide bonds. The number of rotatable bonds is 8. The van der Waals surface area contributed by atoms with Gasteiger partial charge < -0.3 is 25.0 Å². The molecule has 6 unspecified atom stereocenters. The van der Waals surface area contributed by atoms with Gasteiger partial charge >= 0.3 is 6.09 Å². The first-order valence-electron chi connectivity index (χ1n) is 13.6. The molecule has 2 saturated carbocycles. The molecular formula is C30H38F2N2O6. The first-order valence-corrected chi connectivity index (χ1v) is 13.6. The molecule has 0 bridgehead atoms. The average Bonchev–Trinajstić information content (AvgIpc) is 2.91. The summed E-state index contributed by atoms with van der Waals surface area (Å²) in [6.45, 7) is 3.65. The highest BCUT2D eigenvalue weighted by atomic mass is 19.1. The number of methoxy groups -OCH3 is 1. The Morgan fingerprint density at radius 2 is 1.80 bits per heavy atom. The smallest absolute Gasteiger partial charge is 0.411 e. The summed E-state index contributed by atoms with van der Waals surface area (Å²) in [5.74, 6) is -1.73. The molecule has 0 heterocycles. The lowest BCUT2D eigenvalue weighted by molar-refractivity contribution is -0.185. The van der Waals surface area contributed by atoms with Crippen LogP contribution in [0.2, 0.25) is 0 Å². The largest absolute Gasteiger partial charge is 0.497 e. The van der Waals surface area contributed by atoms with Crippen LogP contribution in [-0.4, -0.2) is 48.1 Å². The molecule has 2 aliphatic carbocycles. The van der Waals surface area contributed by atoms with Crippen LogP contribution in [0, 0.1) is 34.3 Å². The number of aliphatic hydroxyl groups is 2. The Bertz CT molecular complexity index is 1210. The Balaban J connectivity index is 1.44. The fourth-order valence-corrected chi connectivity index (χ4v) is 6.94. The number of hydrogen-bond acceptors (Lipinski definition) is 6. The Kier molecular flexibility index (Phi) is 8.99. The van der Waals surface area contributed by atoms with Crippen LogP contribution in [0.5, 0.6) is 5.75 Å². The van der Waals surface area contributed by atoms with Crippen molar-refractivity contribution in [3.05, 3.63) is 59.7 Å². The number of amides is 2. The Morgan fingerprint density at radius 1 is 1.07 bits per heavy atom. The van der Waals surface area contributed by atoms with E-state index in [2.05, 4.69) is 10.6 Å². The summed E-state index contributed by atoms with van der Waals surface area (Å²) < 4.78 is 38.1. The maximum absolute atomic E-state index is 13.5. The zero-order chi connectivity index (χ0) is 29.1. The zero-order valence-electron chi connectivity index (χ0n) is 23.1. The predicted molar refractivity (Wildman–Crippen MR) is 144 cm³/mol. The van der Waals surface area contributed by atoms with Gasteiger partial charge in [0.1, 0.15) is 23.5 Å². The summed E-state index contributed by atoms with van der Waals surface area (Å²) in [5.41, 5.74) is -0.492. The number of aliphatic hydroxyl groups excluding tert-OH is 2. The molecule has 10 heteroatoms. The van der Waals surface area contributed by atoms with Gasteiger partial charge in [-0.1, -0.05) is 19.9 Å². The molecular weight excluding hydrogens is 522 g/mol. The first-order chi connectivity index (χ1) is 19.0. The molecule has 4 N–H and O–H groups in total. The summed E-state index contributed by atoms with van der Waals surface area (Å²) in [4.78, 5) is 25.8. The molecule has 2 aromatic rings. The minimum atomic E-state index is -0.799. The van der Waals surface area contributed by atoms with E-state index in [1.165, 1.54) is 7.11 Å². The maximum atomic E-state index is 13.5. The number of ether oxygens (including phenoxy) is 2. The van der Waals surface area contributed by atoms with Gasteiger partial charge in [0, 0.05) is 36.2 Å². The lowest BCUT2D eigenvalue weighted by Crippen LogP contribution is -2.61. The van der Waals surface area contributed by atoms with E-state index in [9.17, 15) is 28.6 Å². The van der Waals surface area contributed by atoms with Gasteiger partial charge in [0.2, 0.25) is 5.91 Å². The van der Waals surface area contributed by atoms with Crippen LogP contribution >= 0.6 is 0 Å². The monoisotopic (exact) mass is 560 g/mol. The molecule has 0 aliphatic heterocycles. The molecule has 218 valence electrons. The number of fused-ring (bicyclic) bond motifs is 1. The number of anilines is 1. The van der Waals surface area contributed by atoms with Crippen LogP contribution in [0.15, 0.2) is 42.5 Å². The SMILES string of the molecule is COc1cccc(NC(=O)OC2CCC3(C)C(CC(=O)NCc4cc(F)cc(F)c4)C(O)CCC3C2(C)CO)c1. The summed E-state index contributed by atoms with van der Waals surface area (Å²) >= 11 is 0. The van der Waals surface area contributed by atoms with Crippen molar-refractivity contribution >= 4 is 17.7 Å². The molecule has 0 saturated heterocycles. The molecule has 2 aromatic carbocycles. The minimum absolute atomic E-state index is 0.0231. The lowest BCUT2D eigenvalue weighted by atomic mass is 9.46. The standard InChI is InChI=1S/C30H38F2N2O6/c1-29-10-9-26(40-28(38)34-21-5-4-6-22(14-21)39-3)30(2,17-35)25(29)8-7-24(36)23(29)15-27(37)33-16-18-11-19(31)13-20(32)12-18/h4-6,11-14,23-26,35-36H,7-10,15-17H2,1-3H3,(H,33,37)(H,34,38). The van der Waals surface area contributed by atoms with Crippen molar-refractivity contribution in [2.45, 2.75) is 64.7 Å². The molecule has 2 fully saturated rings. The van der Waals surface area contributed by atoms with Crippen molar-refractivity contribution in [2.75, 3.05) is 19.0 Å². The van der Waals surface area contributed by atoms with Gasteiger partial charge in [-0.25, -0.2) is 13.6 Å². The number of benzene rings is 2. The van der Waals surface area contributed by atoms with E-state index in [0.29, 0.717) is 42.7 Å². The third-order valence-electron chi connectivity index (χ3n) is 9.06. The van der Waals surface area contributed by atoms with Gasteiger partial charge in [0.05, 0.1) is 19.8 Å². The van der Waals surface area contributed by atoms with E-state index < -0.39 is 46.7 Å². The van der Waals surface area contributed by atoms with Gasteiger partial charge in [-0.15, -0.1) is 0 Å². The van der Waals surface area contributed by atoms with Crippen LogP contribution < -0.4 is 15.4 Å². The van der Waals surface area contributed by atoms with Crippen molar-refractivity contribution in [1.82, 2.24) is 5.32 Å². The fourth-order valence-electron chi connectivity index (χ4n) is 6.94. The summed E-state index contributed by atoms with van der Waals surface area (Å²) in [7, 11) is 1.53. The summed E-state index contributed by atoms with van der Waals surface area (Å²) in [6, 6.07) is 9.99. The van der Waals surface area contributed by atoms with E-state index in [-0.39, 0.29) is 31.4 Å².